The van der Waals surface area contributed by atoms with E-state index < -0.39 is 0 Å². The zero-order valence-electron chi connectivity index (χ0n) is 15.5. The number of ether oxygens (including phenoxy) is 2. The highest BCUT2D eigenvalue weighted by Gasteiger charge is 2.25. The van der Waals surface area contributed by atoms with Crippen LogP contribution in [-0.2, 0) is 11.2 Å². The van der Waals surface area contributed by atoms with Crippen molar-refractivity contribution in [1.82, 2.24) is 5.32 Å². The SMILES string of the molecule is CNC(=O)COc1ccc(C(=O)N2CCCc3c(N)cccc32)cc1OC. The number of likely N-dealkylation sites (N-methyl/N-ethyl adjacent to an activating group) is 1. The number of carbonyl (C=O) groups is 2. The zero-order chi connectivity index (χ0) is 19.4. The third-order valence-electron chi connectivity index (χ3n) is 4.58. The van der Waals surface area contributed by atoms with E-state index in [0.29, 0.717) is 29.3 Å². The van der Waals surface area contributed by atoms with Gasteiger partial charge in [0.1, 0.15) is 0 Å². The highest BCUT2D eigenvalue weighted by atomic mass is 16.5. The summed E-state index contributed by atoms with van der Waals surface area (Å²) in [5, 5.41) is 2.48. The number of fused-ring (bicyclic) bond motifs is 1. The smallest absolute Gasteiger partial charge is 0.258 e. The lowest BCUT2D eigenvalue weighted by molar-refractivity contribution is -0.122. The number of nitrogens with one attached hydrogen (secondary N) is 1. The molecule has 0 aromatic heterocycles. The third-order valence-corrected chi connectivity index (χ3v) is 4.58. The Balaban J connectivity index is 1.86. The fourth-order valence-electron chi connectivity index (χ4n) is 3.15. The average molecular weight is 369 g/mol. The second-order valence-electron chi connectivity index (χ2n) is 6.23. The number of amides is 2. The predicted molar refractivity (Wildman–Crippen MR) is 103 cm³/mol. The van der Waals surface area contributed by atoms with Gasteiger partial charge >= 0.3 is 0 Å². The standard InChI is InChI=1S/C20H23N3O4/c1-22-19(24)12-27-17-9-8-13(11-18(17)26-2)20(25)23-10-4-5-14-15(21)6-3-7-16(14)23/h3,6-9,11H,4-5,10,12,21H2,1-2H3,(H,22,24). The summed E-state index contributed by atoms with van der Waals surface area (Å²) in [7, 11) is 3.03. The molecule has 1 aliphatic rings. The highest BCUT2D eigenvalue weighted by molar-refractivity contribution is 6.07. The van der Waals surface area contributed by atoms with Crippen LogP contribution < -0.4 is 25.4 Å². The molecule has 2 aromatic carbocycles. The first-order valence-electron chi connectivity index (χ1n) is 8.75. The van der Waals surface area contributed by atoms with Gasteiger partial charge in [0.2, 0.25) is 0 Å². The molecule has 3 N–H and O–H groups in total. The molecule has 0 saturated heterocycles. The summed E-state index contributed by atoms with van der Waals surface area (Å²) in [6.45, 7) is 0.505. The number of methoxy groups -OCH3 is 1. The molecule has 3 rings (SSSR count). The van der Waals surface area contributed by atoms with Gasteiger partial charge in [0.15, 0.2) is 18.1 Å². The first kappa shape index (κ1) is 18.6. The van der Waals surface area contributed by atoms with Crippen LogP contribution in [-0.4, -0.2) is 39.1 Å². The normalized spacial score (nSPS) is 12.9. The van der Waals surface area contributed by atoms with E-state index in [0.717, 1.165) is 24.1 Å². The maximum atomic E-state index is 13.1. The van der Waals surface area contributed by atoms with Crippen LogP contribution in [0, 0.1) is 0 Å². The molecule has 27 heavy (non-hydrogen) atoms. The number of nitrogen functional groups attached to an aromatic ring is 1. The van der Waals surface area contributed by atoms with Crippen molar-refractivity contribution in [2.45, 2.75) is 12.8 Å². The molecule has 142 valence electrons. The zero-order valence-corrected chi connectivity index (χ0v) is 15.5. The molecular formula is C20H23N3O4. The minimum Gasteiger partial charge on any atom is -0.493 e. The first-order chi connectivity index (χ1) is 13.0. The van der Waals surface area contributed by atoms with Crippen molar-refractivity contribution in [1.29, 1.82) is 0 Å². The molecule has 2 amide bonds. The predicted octanol–water partition coefficient (Wildman–Crippen LogP) is 2.00. The van der Waals surface area contributed by atoms with Crippen molar-refractivity contribution in [3.8, 4) is 11.5 Å². The summed E-state index contributed by atoms with van der Waals surface area (Å²) in [5.41, 5.74) is 9.12. The average Bonchev–Trinajstić information content (AvgIpc) is 2.71. The van der Waals surface area contributed by atoms with Crippen molar-refractivity contribution >= 4 is 23.2 Å². The molecule has 0 saturated carbocycles. The Morgan fingerprint density at radius 2 is 2.04 bits per heavy atom. The fourth-order valence-corrected chi connectivity index (χ4v) is 3.15. The molecule has 0 radical (unpaired) electrons. The summed E-state index contributed by atoms with van der Waals surface area (Å²) in [6.07, 6.45) is 1.72. The van der Waals surface area contributed by atoms with Crippen molar-refractivity contribution < 1.29 is 19.1 Å². The van der Waals surface area contributed by atoms with Gasteiger partial charge in [-0.3, -0.25) is 9.59 Å². The van der Waals surface area contributed by atoms with Gasteiger partial charge in [-0.25, -0.2) is 0 Å². The second kappa shape index (κ2) is 7.99. The topological polar surface area (TPSA) is 93.9 Å². The van der Waals surface area contributed by atoms with Gasteiger partial charge in [-0.2, -0.15) is 0 Å². The van der Waals surface area contributed by atoms with E-state index in [-0.39, 0.29) is 18.4 Å². The van der Waals surface area contributed by atoms with Gasteiger partial charge in [-0.1, -0.05) is 6.07 Å². The van der Waals surface area contributed by atoms with Crippen molar-refractivity contribution in [3.05, 3.63) is 47.5 Å². The largest absolute Gasteiger partial charge is 0.493 e. The van der Waals surface area contributed by atoms with Crippen LogP contribution in [0.15, 0.2) is 36.4 Å². The molecular weight excluding hydrogens is 346 g/mol. The van der Waals surface area contributed by atoms with Gasteiger partial charge in [0.05, 0.1) is 7.11 Å². The van der Waals surface area contributed by atoms with Crippen LogP contribution in [0.1, 0.15) is 22.3 Å². The van der Waals surface area contributed by atoms with Crippen LogP contribution in [0.4, 0.5) is 11.4 Å². The number of nitrogens with zero attached hydrogens (tertiary/aromatic N) is 1. The minimum absolute atomic E-state index is 0.126. The van der Waals surface area contributed by atoms with Gasteiger partial charge in [-0.15, -0.1) is 0 Å². The number of nitrogens with two attached hydrogens (primary N) is 1. The van der Waals surface area contributed by atoms with E-state index in [1.54, 1.807) is 23.1 Å². The second-order valence-corrected chi connectivity index (χ2v) is 6.23. The highest BCUT2D eigenvalue weighted by Crippen LogP contribution is 2.34. The molecule has 1 aliphatic heterocycles. The van der Waals surface area contributed by atoms with Crippen LogP contribution in [0.3, 0.4) is 0 Å². The molecule has 7 heteroatoms. The Labute approximate surface area is 158 Å². The number of hydrogen-bond donors (Lipinski definition) is 2. The van der Waals surface area contributed by atoms with Crippen LogP contribution in [0.2, 0.25) is 0 Å². The summed E-state index contributed by atoms with van der Waals surface area (Å²) in [6, 6.07) is 10.6. The van der Waals surface area contributed by atoms with Crippen LogP contribution in [0.25, 0.3) is 0 Å². The quantitative estimate of drug-likeness (QED) is 0.786. The van der Waals surface area contributed by atoms with Crippen molar-refractivity contribution in [2.24, 2.45) is 0 Å². The van der Waals surface area contributed by atoms with Gasteiger partial charge in [-0.05, 0) is 48.7 Å². The summed E-state index contributed by atoms with van der Waals surface area (Å²) >= 11 is 0. The monoisotopic (exact) mass is 369 g/mol. The fraction of sp³-hybridized carbons (Fsp3) is 0.300. The molecule has 2 aromatic rings. The lowest BCUT2D eigenvalue weighted by Gasteiger charge is -2.30. The molecule has 1 heterocycles. The molecule has 7 nitrogen and oxygen atoms in total. The number of carbonyl (C=O) groups excluding carboxylic acids is 2. The van der Waals surface area contributed by atoms with Crippen molar-refractivity contribution in [2.75, 3.05) is 37.9 Å². The van der Waals surface area contributed by atoms with Crippen LogP contribution >= 0.6 is 0 Å². The van der Waals surface area contributed by atoms with Gasteiger partial charge in [0.25, 0.3) is 11.8 Å². The number of anilines is 2. The summed E-state index contributed by atoms with van der Waals surface area (Å²) < 4.78 is 10.8. The third kappa shape index (κ3) is 3.81. The van der Waals surface area contributed by atoms with E-state index in [4.69, 9.17) is 15.2 Å². The molecule has 0 spiro atoms. The Hall–Kier alpha value is -3.22. The lowest BCUT2D eigenvalue weighted by atomic mass is 9.99. The van der Waals surface area contributed by atoms with Crippen molar-refractivity contribution in [3.63, 3.8) is 0 Å². The minimum atomic E-state index is -0.250. The Morgan fingerprint density at radius 3 is 2.78 bits per heavy atom. The summed E-state index contributed by atoms with van der Waals surface area (Å²) in [4.78, 5) is 26.2. The number of benzene rings is 2. The van der Waals surface area contributed by atoms with Crippen LogP contribution in [0.5, 0.6) is 11.5 Å². The molecule has 0 unspecified atom stereocenters. The lowest BCUT2D eigenvalue weighted by Crippen LogP contribution is -2.35. The van der Waals surface area contributed by atoms with E-state index in [1.165, 1.54) is 14.2 Å². The Morgan fingerprint density at radius 1 is 1.22 bits per heavy atom. The van der Waals surface area contributed by atoms with E-state index in [2.05, 4.69) is 5.32 Å². The van der Waals surface area contributed by atoms with E-state index in [1.807, 2.05) is 18.2 Å². The van der Waals surface area contributed by atoms with E-state index >= 15 is 0 Å². The number of hydrogen-bond acceptors (Lipinski definition) is 5. The maximum Gasteiger partial charge on any atom is 0.258 e. The molecule has 0 atom stereocenters. The van der Waals surface area contributed by atoms with Gasteiger partial charge in [0, 0.05) is 30.5 Å². The molecule has 0 bridgehead atoms. The molecule has 0 aliphatic carbocycles. The van der Waals surface area contributed by atoms with Gasteiger partial charge < -0.3 is 25.4 Å². The van der Waals surface area contributed by atoms with E-state index in [9.17, 15) is 9.59 Å². The maximum absolute atomic E-state index is 13.1. The molecule has 0 fully saturated rings. The first-order valence-corrected chi connectivity index (χ1v) is 8.75. The number of rotatable bonds is 5. The Bertz CT molecular complexity index is 866. The summed E-state index contributed by atoms with van der Waals surface area (Å²) in [5.74, 6) is 0.424. The Kier molecular flexibility index (Phi) is 5.49.